The van der Waals surface area contributed by atoms with Crippen molar-refractivity contribution in [1.29, 1.82) is 0 Å². The van der Waals surface area contributed by atoms with Crippen LogP contribution >= 0.6 is 58.5 Å². The third-order valence-corrected chi connectivity index (χ3v) is 6.55. The van der Waals surface area contributed by atoms with Crippen LogP contribution in [0.1, 0.15) is 6.92 Å². The van der Waals surface area contributed by atoms with Gasteiger partial charge in [-0.25, -0.2) is 0 Å². The Balaban J connectivity index is 2.24. The summed E-state index contributed by atoms with van der Waals surface area (Å²) in [6.07, 6.45) is 0. The maximum Gasteiger partial charge on any atom is 0.313 e. The third kappa shape index (κ3) is 5.84. The van der Waals surface area contributed by atoms with Gasteiger partial charge in [-0.3, -0.25) is 4.79 Å². The molecule has 2 aromatic rings. The van der Waals surface area contributed by atoms with E-state index in [4.69, 9.17) is 28.3 Å². The van der Waals surface area contributed by atoms with Gasteiger partial charge < -0.3 is 5.11 Å². The molecule has 122 valence electrons. The molecule has 0 bridgehead atoms. The van der Waals surface area contributed by atoms with E-state index in [0.717, 1.165) is 25.3 Å². The average molecular weight is 405 g/mol. The Kier molecular flexibility index (Phi) is 7.50. The van der Waals surface area contributed by atoms with Gasteiger partial charge >= 0.3 is 5.97 Å². The van der Waals surface area contributed by atoms with Crippen LogP contribution in [0.2, 0.25) is 10.0 Å². The van der Waals surface area contributed by atoms with Gasteiger partial charge in [-0.2, -0.15) is 0 Å². The first kappa shape index (κ1) is 18.9. The largest absolute Gasteiger partial charge is 0.481 e. The summed E-state index contributed by atoms with van der Waals surface area (Å²) < 4.78 is 0. The van der Waals surface area contributed by atoms with E-state index in [1.807, 2.05) is 30.3 Å². The van der Waals surface area contributed by atoms with E-state index in [9.17, 15) is 4.79 Å². The van der Waals surface area contributed by atoms with Crippen molar-refractivity contribution >= 4 is 64.5 Å². The topological polar surface area (TPSA) is 37.3 Å². The molecule has 0 aliphatic heterocycles. The number of benzene rings is 2. The van der Waals surface area contributed by atoms with Crippen LogP contribution in [0.3, 0.4) is 0 Å². The number of carboxylic acid groups (broad SMARTS) is 1. The van der Waals surface area contributed by atoms with E-state index in [1.54, 1.807) is 17.8 Å². The van der Waals surface area contributed by atoms with Crippen molar-refractivity contribution in [3.8, 4) is 0 Å². The number of rotatable bonds is 7. The molecule has 7 heteroatoms. The molecule has 1 N–H and O–H groups in total. The summed E-state index contributed by atoms with van der Waals surface area (Å²) in [6, 6.07) is 11.4. The van der Waals surface area contributed by atoms with Gasteiger partial charge in [0.15, 0.2) is 0 Å². The van der Waals surface area contributed by atoms with Gasteiger partial charge in [0.25, 0.3) is 0 Å². The maximum atomic E-state index is 10.8. The molecular formula is C16H14Cl2O2S3. The standard InChI is InChI=1S/C16H14Cl2O2S3/c1-2-21-11-4-6-13(12(18)8-11)23-15-7-10(17)3-5-14(15)22-9-16(19)20/h3-8H,2,9H2,1H3,(H,19,20). The van der Waals surface area contributed by atoms with Crippen LogP contribution in [0, 0.1) is 0 Å². The molecule has 2 nitrogen and oxygen atoms in total. The fourth-order valence-electron chi connectivity index (χ4n) is 1.76. The number of hydrogen-bond acceptors (Lipinski definition) is 4. The molecule has 2 aromatic carbocycles. The molecule has 0 fully saturated rings. The fourth-order valence-corrected chi connectivity index (χ4v) is 4.89. The van der Waals surface area contributed by atoms with Crippen LogP contribution < -0.4 is 0 Å². The Hall–Kier alpha value is -0.460. The Labute approximate surface area is 158 Å². The lowest BCUT2D eigenvalue weighted by atomic mass is 10.3. The number of carbonyl (C=O) groups is 1. The predicted octanol–water partition coefficient (Wildman–Crippen LogP) is 6.43. The molecule has 0 aliphatic rings. The zero-order valence-corrected chi connectivity index (χ0v) is 16.2. The molecule has 0 saturated heterocycles. The van der Waals surface area contributed by atoms with E-state index in [0.29, 0.717) is 10.0 Å². The van der Waals surface area contributed by atoms with Crippen LogP contribution in [-0.2, 0) is 4.79 Å². The van der Waals surface area contributed by atoms with Crippen molar-refractivity contribution in [3.63, 3.8) is 0 Å². The molecule has 0 heterocycles. The Morgan fingerprint density at radius 3 is 2.43 bits per heavy atom. The highest BCUT2D eigenvalue weighted by molar-refractivity contribution is 8.02. The molecule has 0 radical (unpaired) electrons. The highest BCUT2D eigenvalue weighted by atomic mass is 35.5. The lowest BCUT2D eigenvalue weighted by Gasteiger charge is -2.10. The zero-order valence-electron chi connectivity index (χ0n) is 12.2. The first-order chi connectivity index (χ1) is 11.0. The first-order valence-corrected chi connectivity index (χ1v) is 10.3. The molecule has 0 spiro atoms. The van der Waals surface area contributed by atoms with Crippen molar-refractivity contribution in [1.82, 2.24) is 0 Å². The summed E-state index contributed by atoms with van der Waals surface area (Å²) in [5, 5.41) is 10.2. The highest BCUT2D eigenvalue weighted by Gasteiger charge is 2.11. The number of hydrogen-bond donors (Lipinski definition) is 1. The third-order valence-electron chi connectivity index (χ3n) is 2.69. The fraction of sp³-hybridized carbons (Fsp3) is 0.188. The van der Waals surface area contributed by atoms with Gasteiger partial charge in [0.2, 0.25) is 0 Å². The summed E-state index contributed by atoms with van der Waals surface area (Å²) in [5.74, 6) is 0.155. The van der Waals surface area contributed by atoms with Gasteiger partial charge in [0.1, 0.15) is 0 Å². The van der Waals surface area contributed by atoms with Crippen molar-refractivity contribution < 1.29 is 9.90 Å². The van der Waals surface area contributed by atoms with Gasteiger partial charge in [-0.1, -0.05) is 41.9 Å². The lowest BCUT2D eigenvalue weighted by Crippen LogP contribution is -1.97. The molecule has 0 unspecified atom stereocenters. The molecular weight excluding hydrogens is 391 g/mol. The lowest BCUT2D eigenvalue weighted by molar-refractivity contribution is -0.133. The smallest absolute Gasteiger partial charge is 0.313 e. The van der Waals surface area contributed by atoms with E-state index in [2.05, 4.69) is 6.92 Å². The highest BCUT2D eigenvalue weighted by Crippen LogP contribution is 2.41. The molecule has 0 amide bonds. The van der Waals surface area contributed by atoms with Crippen LogP contribution in [0.4, 0.5) is 0 Å². The summed E-state index contributed by atoms with van der Waals surface area (Å²) in [5.41, 5.74) is 0. The van der Waals surface area contributed by atoms with E-state index < -0.39 is 5.97 Å². The van der Waals surface area contributed by atoms with Crippen molar-refractivity contribution in [3.05, 3.63) is 46.4 Å². The van der Waals surface area contributed by atoms with Crippen molar-refractivity contribution in [2.45, 2.75) is 26.5 Å². The van der Waals surface area contributed by atoms with Gasteiger partial charge in [0.05, 0.1) is 10.8 Å². The minimum atomic E-state index is -0.847. The minimum absolute atomic E-state index is 0.00893. The van der Waals surface area contributed by atoms with Crippen LogP contribution in [-0.4, -0.2) is 22.6 Å². The maximum absolute atomic E-state index is 10.8. The van der Waals surface area contributed by atoms with Gasteiger partial charge in [0, 0.05) is 24.6 Å². The Morgan fingerprint density at radius 2 is 1.78 bits per heavy atom. The normalized spacial score (nSPS) is 10.7. The van der Waals surface area contributed by atoms with E-state index >= 15 is 0 Å². The minimum Gasteiger partial charge on any atom is -0.481 e. The predicted molar refractivity (Wildman–Crippen MR) is 102 cm³/mol. The van der Waals surface area contributed by atoms with Crippen molar-refractivity contribution in [2.24, 2.45) is 0 Å². The Bertz CT molecular complexity index is 708. The average Bonchev–Trinajstić information content (AvgIpc) is 2.49. The molecule has 0 atom stereocenters. The second-order valence-corrected chi connectivity index (χ2v) is 8.68. The van der Waals surface area contributed by atoms with Crippen molar-refractivity contribution in [2.75, 3.05) is 11.5 Å². The molecule has 0 aliphatic carbocycles. The van der Waals surface area contributed by atoms with Gasteiger partial charge in [-0.15, -0.1) is 23.5 Å². The first-order valence-electron chi connectivity index (χ1n) is 6.74. The second kappa shape index (κ2) is 9.14. The Morgan fingerprint density at radius 1 is 1.04 bits per heavy atom. The quantitative estimate of drug-likeness (QED) is 0.537. The van der Waals surface area contributed by atoms with Crippen LogP contribution in [0.5, 0.6) is 0 Å². The van der Waals surface area contributed by atoms with Crippen LogP contribution in [0.25, 0.3) is 0 Å². The van der Waals surface area contributed by atoms with E-state index in [-0.39, 0.29) is 5.75 Å². The monoisotopic (exact) mass is 404 g/mol. The van der Waals surface area contributed by atoms with Gasteiger partial charge in [-0.05, 0) is 42.2 Å². The van der Waals surface area contributed by atoms with Crippen LogP contribution in [0.15, 0.2) is 56.0 Å². The zero-order chi connectivity index (χ0) is 16.8. The second-order valence-electron chi connectivity index (χ2n) is 4.40. The van der Waals surface area contributed by atoms with E-state index in [1.165, 1.54) is 23.5 Å². The summed E-state index contributed by atoms with van der Waals surface area (Å²) in [7, 11) is 0. The molecule has 2 rings (SSSR count). The number of aliphatic carboxylic acids is 1. The number of halogens is 2. The number of carboxylic acids is 1. The summed E-state index contributed by atoms with van der Waals surface area (Å²) in [6.45, 7) is 2.10. The summed E-state index contributed by atoms with van der Waals surface area (Å²) in [4.78, 5) is 14.6. The summed E-state index contributed by atoms with van der Waals surface area (Å²) >= 11 is 16.9. The SMILES string of the molecule is CCSc1ccc(Sc2cc(Cl)ccc2SCC(=O)O)c(Cl)c1. The molecule has 23 heavy (non-hydrogen) atoms. The number of thioether (sulfide) groups is 2. The molecule has 0 aromatic heterocycles. The molecule has 0 saturated carbocycles.